The second-order valence-corrected chi connectivity index (χ2v) is 10.9. The molecule has 10 heteroatoms. The first-order chi connectivity index (χ1) is 19.0. The molecule has 0 saturated carbocycles. The van der Waals surface area contributed by atoms with Crippen LogP contribution in [0.1, 0.15) is 12.5 Å². The van der Waals surface area contributed by atoms with Gasteiger partial charge >= 0.3 is 0 Å². The van der Waals surface area contributed by atoms with Crippen LogP contribution < -0.4 is 15.5 Å². The molecule has 39 heavy (non-hydrogen) atoms. The number of methoxy groups -OCH3 is 1. The number of ether oxygens (including phenoxy) is 1. The Bertz CT molecular complexity index is 1460. The van der Waals surface area contributed by atoms with E-state index in [-0.39, 0.29) is 18.4 Å². The van der Waals surface area contributed by atoms with E-state index >= 15 is 0 Å². The second kappa shape index (κ2) is 12.0. The molecule has 200 valence electrons. The highest BCUT2D eigenvalue weighted by Gasteiger charge is 2.39. The summed E-state index contributed by atoms with van der Waals surface area (Å²) in [6.07, 6.45) is 0. The summed E-state index contributed by atoms with van der Waals surface area (Å²) in [5, 5.41) is 7.64. The maximum Gasteiger partial charge on any atom is 0.269 e. The van der Waals surface area contributed by atoms with Gasteiger partial charge in [0.15, 0.2) is 5.17 Å². The average Bonchev–Trinajstić information content (AvgIpc) is 3.42. The number of anilines is 3. The van der Waals surface area contributed by atoms with Crippen LogP contribution in [-0.4, -0.2) is 49.2 Å². The highest BCUT2D eigenvalue weighted by Crippen LogP contribution is 2.50. The maximum absolute atomic E-state index is 13.9. The van der Waals surface area contributed by atoms with E-state index in [9.17, 15) is 9.59 Å². The standard InChI is InChI=1S/C29H29N5O3S2/c1-4-30-21-15-14-20(31-25(35)18-37-3)16-22(21)32-29-34(17-19-10-6-5-7-11-19)27(36)26(39-29)28-33(2)23-12-8-9-13-24(23)38-28/h5-16,30H,4,17-18H2,1-3H3,(H,31,35)/b28-26-,32-29?. The number of hydrogen-bond donors (Lipinski definition) is 2. The zero-order valence-electron chi connectivity index (χ0n) is 21.9. The van der Waals surface area contributed by atoms with E-state index < -0.39 is 0 Å². The molecule has 0 spiro atoms. The predicted octanol–water partition coefficient (Wildman–Crippen LogP) is 5.88. The van der Waals surface area contributed by atoms with Crippen LogP contribution in [0.5, 0.6) is 0 Å². The number of carbonyl (C=O) groups excluding carboxylic acids is 2. The number of amidine groups is 1. The van der Waals surface area contributed by atoms with E-state index in [4.69, 9.17) is 9.73 Å². The van der Waals surface area contributed by atoms with Gasteiger partial charge in [-0.3, -0.25) is 14.5 Å². The molecule has 0 unspecified atom stereocenters. The Hall–Kier alpha value is -3.73. The monoisotopic (exact) mass is 559 g/mol. The smallest absolute Gasteiger partial charge is 0.269 e. The van der Waals surface area contributed by atoms with E-state index in [0.717, 1.165) is 26.9 Å². The van der Waals surface area contributed by atoms with Crippen LogP contribution in [-0.2, 0) is 20.9 Å². The van der Waals surface area contributed by atoms with Gasteiger partial charge in [-0.05, 0) is 54.6 Å². The quantitative estimate of drug-likeness (QED) is 0.334. The van der Waals surface area contributed by atoms with Crippen LogP contribution in [0.15, 0.2) is 92.6 Å². The molecule has 2 heterocycles. The van der Waals surface area contributed by atoms with E-state index in [2.05, 4.69) is 27.7 Å². The summed E-state index contributed by atoms with van der Waals surface area (Å²) >= 11 is 2.97. The van der Waals surface area contributed by atoms with E-state index in [0.29, 0.717) is 34.5 Å². The average molecular weight is 560 g/mol. The van der Waals surface area contributed by atoms with Crippen LogP contribution >= 0.6 is 23.5 Å². The molecule has 3 aromatic rings. The van der Waals surface area contributed by atoms with Crippen molar-refractivity contribution in [2.75, 3.05) is 42.8 Å². The number of hydrogen-bond acceptors (Lipinski definition) is 8. The van der Waals surface area contributed by atoms with Crippen molar-refractivity contribution in [1.82, 2.24) is 4.90 Å². The van der Waals surface area contributed by atoms with Crippen molar-refractivity contribution in [2.45, 2.75) is 18.4 Å². The van der Waals surface area contributed by atoms with Crippen molar-refractivity contribution < 1.29 is 14.3 Å². The van der Waals surface area contributed by atoms with Gasteiger partial charge in [0.25, 0.3) is 5.91 Å². The third-order valence-corrected chi connectivity index (χ3v) is 8.55. The second-order valence-electron chi connectivity index (χ2n) is 8.88. The molecular formula is C29H29N5O3S2. The SMILES string of the molecule is CCNc1ccc(NC(=O)COC)cc1N=C1S/C(=C2\Sc3ccccc3N2C)C(=O)N1Cc1ccccc1. The van der Waals surface area contributed by atoms with Gasteiger partial charge in [0.2, 0.25) is 5.91 Å². The molecule has 0 aromatic heterocycles. The van der Waals surface area contributed by atoms with E-state index in [1.807, 2.05) is 74.6 Å². The Morgan fingerprint density at radius 2 is 1.79 bits per heavy atom. The molecule has 3 aromatic carbocycles. The molecule has 8 nitrogen and oxygen atoms in total. The van der Waals surface area contributed by atoms with Crippen molar-refractivity contribution in [3.63, 3.8) is 0 Å². The van der Waals surface area contributed by atoms with Crippen molar-refractivity contribution in [2.24, 2.45) is 4.99 Å². The summed E-state index contributed by atoms with van der Waals surface area (Å²) in [6.45, 7) is 3.05. The number of amides is 2. The Kier molecular flexibility index (Phi) is 8.25. The van der Waals surface area contributed by atoms with E-state index in [1.165, 1.54) is 18.9 Å². The molecule has 5 rings (SSSR count). The topological polar surface area (TPSA) is 86.3 Å². The van der Waals surface area contributed by atoms with Gasteiger partial charge in [-0.25, -0.2) is 4.99 Å². The molecular weight excluding hydrogens is 530 g/mol. The fourth-order valence-electron chi connectivity index (χ4n) is 4.30. The number of thioether (sulfide) groups is 2. The van der Waals surface area contributed by atoms with Crippen molar-refractivity contribution >= 4 is 63.3 Å². The fraction of sp³-hybridized carbons (Fsp3) is 0.207. The Balaban J connectivity index is 1.56. The van der Waals surface area contributed by atoms with Crippen molar-refractivity contribution in [1.29, 1.82) is 0 Å². The van der Waals surface area contributed by atoms with Crippen LogP contribution in [0.4, 0.5) is 22.7 Å². The summed E-state index contributed by atoms with van der Waals surface area (Å²) < 4.78 is 4.94. The summed E-state index contributed by atoms with van der Waals surface area (Å²) in [7, 11) is 3.46. The number of nitrogens with one attached hydrogen (secondary N) is 2. The van der Waals surface area contributed by atoms with Gasteiger partial charge in [0.05, 0.1) is 28.6 Å². The Morgan fingerprint density at radius 3 is 2.54 bits per heavy atom. The number of fused-ring (bicyclic) bond motifs is 1. The van der Waals surface area contributed by atoms with Gasteiger partial charge in [-0.15, -0.1) is 0 Å². The van der Waals surface area contributed by atoms with Gasteiger partial charge < -0.3 is 20.3 Å². The lowest BCUT2D eigenvalue weighted by Gasteiger charge is -2.17. The minimum atomic E-state index is -0.253. The summed E-state index contributed by atoms with van der Waals surface area (Å²) in [5.74, 6) is -0.337. The highest BCUT2D eigenvalue weighted by atomic mass is 32.2. The number of nitrogens with zero attached hydrogens (tertiary/aromatic N) is 3. The Labute approximate surface area is 236 Å². The van der Waals surface area contributed by atoms with Gasteiger partial charge in [0.1, 0.15) is 11.5 Å². The Morgan fingerprint density at radius 1 is 1.03 bits per heavy atom. The lowest BCUT2D eigenvalue weighted by atomic mass is 10.2. The van der Waals surface area contributed by atoms with Crippen molar-refractivity contribution in [3.05, 3.63) is 88.3 Å². The zero-order chi connectivity index (χ0) is 27.4. The minimum absolute atomic E-state index is 0.0431. The molecule has 0 aliphatic carbocycles. The van der Waals surface area contributed by atoms with E-state index in [1.54, 1.807) is 16.7 Å². The zero-order valence-corrected chi connectivity index (χ0v) is 23.6. The molecule has 0 radical (unpaired) electrons. The molecule has 2 amide bonds. The van der Waals surface area contributed by atoms with Crippen LogP contribution in [0.25, 0.3) is 0 Å². The molecule has 0 atom stereocenters. The molecule has 0 bridgehead atoms. The normalized spacial score (nSPS) is 17.6. The number of benzene rings is 3. The third-order valence-electron chi connectivity index (χ3n) is 6.12. The first-order valence-corrected chi connectivity index (χ1v) is 14.2. The summed E-state index contributed by atoms with van der Waals surface area (Å²) in [4.78, 5) is 36.6. The van der Waals surface area contributed by atoms with Crippen LogP contribution in [0.2, 0.25) is 0 Å². The van der Waals surface area contributed by atoms with Gasteiger partial charge in [0, 0.05) is 31.3 Å². The molecule has 2 N–H and O–H groups in total. The molecule has 1 fully saturated rings. The first kappa shape index (κ1) is 26.9. The van der Waals surface area contributed by atoms with Gasteiger partial charge in [-0.2, -0.15) is 0 Å². The highest BCUT2D eigenvalue weighted by molar-refractivity contribution is 8.19. The maximum atomic E-state index is 13.9. The predicted molar refractivity (Wildman–Crippen MR) is 161 cm³/mol. The minimum Gasteiger partial charge on any atom is -0.384 e. The molecule has 1 saturated heterocycles. The molecule has 2 aliphatic rings. The number of aliphatic imine (C=N–C) groups is 1. The number of rotatable bonds is 8. The number of para-hydroxylation sites is 1. The van der Waals surface area contributed by atoms with Crippen LogP contribution in [0, 0.1) is 0 Å². The van der Waals surface area contributed by atoms with Gasteiger partial charge in [-0.1, -0.05) is 54.2 Å². The first-order valence-electron chi connectivity index (χ1n) is 12.5. The summed E-state index contributed by atoms with van der Waals surface area (Å²) in [6, 6.07) is 23.5. The number of carbonyl (C=O) groups is 2. The lowest BCUT2D eigenvalue weighted by molar-refractivity contribution is -0.122. The molecule has 2 aliphatic heterocycles. The van der Waals surface area contributed by atoms with Crippen molar-refractivity contribution in [3.8, 4) is 0 Å². The summed E-state index contributed by atoms with van der Waals surface area (Å²) in [5.41, 5.74) is 4.12. The van der Waals surface area contributed by atoms with Crippen LogP contribution in [0.3, 0.4) is 0 Å². The lowest BCUT2D eigenvalue weighted by Crippen LogP contribution is -2.29. The largest absolute Gasteiger partial charge is 0.384 e. The third kappa shape index (κ3) is 5.83. The fourth-order valence-corrected chi connectivity index (χ4v) is 6.63.